The maximum absolute atomic E-state index is 12.1. The number of pyridine rings is 1. The highest BCUT2D eigenvalue weighted by Gasteiger charge is 2.17. The van der Waals surface area contributed by atoms with E-state index in [1.807, 2.05) is 12.3 Å². The van der Waals surface area contributed by atoms with Crippen LogP contribution in [0.4, 0.5) is 11.5 Å². The van der Waals surface area contributed by atoms with Crippen molar-refractivity contribution in [3.05, 3.63) is 18.3 Å². The number of aromatic nitrogens is 1. The fourth-order valence-electron chi connectivity index (χ4n) is 3.47. The summed E-state index contributed by atoms with van der Waals surface area (Å²) < 4.78 is 0. The van der Waals surface area contributed by atoms with E-state index in [2.05, 4.69) is 21.3 Å². The molecule has 3 rings (SSSR count). The summed E-state index contributed by atoms with van der Waals surface area (Å²) in [6.07, 6.45) is 11.3. The van der Waals surface area contributed by atoms with Crippen molar-refractivity contribution in [1.29, 1.82) is 0 Å². The van der Waals surface area contributed by atoms with E-state index in [1.165, 1.54) is 44.9 Å². The van der Waals surface area contributed by atoms with Crippen LogP contribution in [0.5, 0.6) is 0 Å². The van der Waals surface area contributed by atoms with Crippen molar-refractivity contribution in [2.75, 3.05) is 23.3 Å². The lowest BCUT2D eigenvalue weighted by atomic mass is 9.87. The van der Waals surface area contributed by atoms with E-state index < -0.39 is 0 Å². The Kier molecular flexibility index (Phi) is 4.73. The smallest absolute Gasteiger partial charge is 0.225 e. The lowest BCUT2D eigenvalue weighted by molar-refractivity contribution is -0.117. The van der Waals surface area contributed by atoms with Crippen molar-refractivity contribution in [3.8, 4) is 0 Å². The van der Waals surface area contributed by atoms with E-state index in [0.29, 0.717) is 18.2 Å². The highest BCUT2D eigenvalue weighted by molar-refractivity contribution is 5.90. The Bertz CT molecular complexity index is 459. The second-order valence-corrected chi connectivity index (χ2v) is 6.35. The molecule has 1 aliphatic carbocycles. The Morgan fingerprint density at radius 1 is 1.14 bits per heavy atom. The summed E-state index contributed by atoms with van der Waals surface area (Å²) in [4.78, 5) is 18.8. The molecule has 0 radical (unpaired) electrons. The number of hydrogen-bond acceptors (Lipinski definition) is 3. The van der Waals surface area contributed by atoms with Crippen LogP contribution in [0.2, 0.25) is 0 Å². The topological polar surface area (TPSA) is 45.2 Å². The predicted molar refractivity (Wildman–Crippen MR) is 85.5 cm³/mol. The molecule has 21 heavy (non-hydrogen) atoms. The predicted octanol–water partition coefficient (Wildman–Crippen LogP) is 3.59. The van der Waals surface area contributed by atoms with Crippen LogP contribution in [0.15, 0.2) is 18.3 Å². The van der Waals surface area contributed by atoms with Crippen molar-refractivity contribution in [3.63, 3.8) is 0 Å². The number of amides is 1. The third kappa shape index (κ3) is 3.96. The summed E-state index contributed by atoms with van der Waals surface area (Å²) in [6, 6.07) is 3.99. The number of nitrogens with zero attached hydrogens (tertiary/aromatic N) is 2. The summed E-state index contributed by atoms with van der Waals surface area (Å²) in [7, 11) is 0. The first-order chi connectivity index (χ1) is 10.3. The summed E-state index contributed by atoms with van der Waals surface area (Å²) in [5, 5.41) is 2.94. The van der Waals surface area contributed by atoms with Crippen LogP contribution in [0.25, 0.3) is 0 Å². The quantitative estimate of drug-likeness (QED) is 0.920. The molecule has 1 N–H and O–H groups in total. The van der Waals surface area contributed by atoms with Crippen LogP contribution in [-0.2, 0) is 4.79 Å². The molecule has 2 fully saturated rings. The van der Waals surface area contributed by atoms with Gasteiger partial charge < -0.3 is 10.2 Å². The van der Waals surface area contributed by atoms with Crippen LogP contribution < -0.4 is 10.2 Å². The van der Waals surface area contributed by atoms with Crippen molar-refractivity contribution in [2.24, 2.45) is 5.92 Å². The van der Waals surface area contributed by atoms with E-state index in [4.69, 9.17) is 0 Å². The third-order valence-corrected chi connectivity index (χ3v) is 4.69. The van der Waals surface area contributed by atoms with Crippen molar-refractivity contribution in [1.82, 2.24) is 4.98 Å². The van der Waals surface area contributed by atoms with Gasteiger partial charge in [-0.15, -0.1) is 0 Å². The molecule has 1 amide bonds. The molecule has 2 aliphatic rings. The van der Waals surface area contributed by atoms with E-state index in [9.17, 15) is 4.79 Å². The fourth-order valence-corrected chi connectivity index (χ4v) is 3.47. The molecule has 1 aromatic rings. The minimum absolute atomic E-state index is 0.114. The number of nitrogens with one attached hydrogen (secondary N) is 1. The number of carbonyl (C=O) groups excluding carboxylic acids is 1. The number of carbonyl (C=O) groups is 1. The van der Waals surface area contributed by atoms with Gasteiger partial charge in [-0.3, -0.25) is 4.79 Å². The lowest BCUT2D eigenvalue weighted by Gasteiger charge is -2.21. The SMILES string of the molecule is O=C(CC1CCCCC1)Nc1ccc(N2CCCC2)cn1. The minimum Gasteiger partial charge on any atom is -0.370 e. The first-order valence-corrected chi connectivity index (χ1v) is 8.32. The van der Waals surface area contributed by atoms with E-state index in [-0.39, 0.29) is 5.91 Å². The minimum atomic E-state index is 0.114. The van der Waals surface area contributed by atoms with Crippen LogP contribution in [0.3, 0.4) is 0 Å². The average molecular weight is 287 g/mol. The van der Waals surface area contributed by atoms with Crippen LogP contribution in [-0.4, -0.2) is 24.0 Å². The van der Waals surface area contributed by atoms with Gasteiger partial charge in [0.15, 0.2) is 0 Å². The van der Waals surface area contributed by atoms with Gasteiger partial charge in [0, 0.05) is 19.5 Å². The highest BCUT2D eigenvalue weighted by Crippen LogP contribution is 2.26. The van der Waals surface area contributed by atoms with Crippen molar-refractivity contribution in [2.45, 2.75) is 51.4 Å². The second-order valence-electron chi connectivity index (χ2n) is 6.35. The first-order valence-electron chi connectivity index (χ1n) is 8.32. The first kappa shape index (κ1) is 14.4. The monoisotopic (exact) mass is 287 g/mol. The molecule has 0 bridgehead atoms. The molecular formula is C17H25N3O. The molecule has 2 heterocycles. The normalized spacial score (nSPS) is 19.7. The van der Waals surface area contributed by atoms with Gasteiger partial charge in [0.05, 0.1) is 11.9 Å². The van der Waals surface area contributed by atoms with Crippen LogP contribution >= 0.6 is 0 Å². The molecule has 0 unspecified atom stereocenters. The Morgan fingerprint density at radius 2 is 1.90 bits per heavy atom. The fraction of sp³-hybridized carbons (Fsp3) is 0.647. The van der Waals surface area contributed by atoms with Gasteiger partial charge in [0.2, 0.25) is 5.91 Å². The Morgan fingerprint density at radius 3 is 2.57 bits per heavy atom. The highest BCUT2D eigenvalue weighted by atomic mass is 16.1. The van der Waals surface area contributed by atoms with Gasteiger partial charge in [-0.2, -0.15) is 0 Å². The van der Waals surface area contributed by atoms with Gasteiger partial charge in [-0.1, -0.05) is 19.3 Å². The number of hydrogen-bond donors (Lipinski definition) is 1. The van der Waals surface area contributed by atoms with E-state index in [0.717, 1.165) is 18.8 Å². The van der Waals surface area contributed by atoms with Crippen LogP contribution in [0.1, 0.15) is 51.4 Å². The zero-order chi connectivity index (χ0) is 14.5. The standard InChI is InChI=1S/C17H25N3O/c21-17(12-14-6-2-1-3-7-14)19-16-9-8-15(13-18-16)20-10-4-5-11-20/h8-9,13-14H,1-7,10-12H2,(H,18,19,21). The number of rotatable bonds is 4. The molecule has 1 aromatic heterocycles. The molecule has 4 nitrogen and oxygen atoms in total. The summed E-state index contributed by atoms with van der Waals surface area (Å²) in [6.45, 7) is 2.24. The second kappa shape index (κ2) is 6.92. The van der Waals surface area contributed by atoms with Gasteiger partial charge in [-0.25, -0.2) is 4.98 Å². The Balaban J connectivity index is 1.50. The maximum Gasteiger partial charge on any atom is 0.225 e. The maximum atomic E-state index is 12.1. The molecular weight excluding hydrogens is 262 g/mol. The number of anilines is 2. The zero-order valence-electron chi connectivity index (χ0n) is 12.7. The van der Waals surface area contributed by atoms with Gasteiger partial charge in [0.25, 0.3) is 0 Å². The molecule has 4 heteroatoms. The summed E-state index contributed by atoms with van der Waals surface area (Å²) in [5.74, 6) is 1.37. The Hall–Kier alpha value is -1.58. The Labute approximate surface area is 126 Å². The average Bonchev–Trinajstić information content (AvgIpc) is 3.03. The molecule has 114 valence electrons. The summed E-state index contributed by atoms with van der Waals surface area (Å²) in [5.41, 5.74) is 1.16. The van der Waals surface area contributed by atoms with Gasteiger partial charge >= 0.3 is 0 Å². The molecule has 0 aromatic carbocycles. The lowest BCUT2D eigenvalue weighted by Crippen LogP contribution is -2.20. The summed E-state index contributed by atoms with van der Waals surface area (Å²) >= 11 is 0. The van der Waals surface area contributed by atoms with Crippen molar-refractivity contribution >= 4 is 17.4 Å². The zero-order valence-corrected chi connectivity index (χ0v) is 12.7. The van der Waals surface area contributed by atoms with E-state index >= 15 is 0 Å². The van der Waals surface area contributed by atoms with Crippen molar-refractivity contribution < 1.29 is 4.79 Å². The molecule has 0 spiro atoms. The molecule has 1 saturated heterocycles. The molecule has 1 aliphatic heterocycles. The molecule has 0 atom stereocenters. The third-order valence-electron chi connectivity index (χ3n) is 4.69. The van der Waals surface area contributed by atoms with E-state index in [1.54, 1.807) is 0 Å². The largest absolute Gasteiger partial charge is 0.370 e. The molecule has 1 saturated carbocycles. The van der Waals surface area contributed by atoms with Gasteiger partial charge in [-0.05, 0) is 43.7 Å². The van der Waals surface area contributed by atoms with Crippen LogP contribution in [0, 0.1) is 5.92 Å². The van der Waals surface area contributed by atoms with Gasteiger partial charge in [0.1, 0.15) is 5.82 Å².